The molecule has 1 fully saturated rings. The summed E-state index contributed by atoms with van der Waals surface area (Å²) in [7, 11) is 0. The number of anilines is 2. The van der Waals surface area contributed by atoms with Crippen LogP contribution in [0.1, 0.15) is 54.8 Å². The lowest BCUT2D eigenvalue weighted by Crippen LogP contribution is -2.25. The molecule has 0 aromatic carbocycles. The van der Waals surface area contributed by atoms with Crippen LogP contribution in [0.4, 0.5) is 11.6 Å². The minimum atomic E-state index is -0.278. The summed E-state index contributed by atoms with van der Waals surface area (Å²) in [6.07, 6.45) is 6.57. The molecule has 1 aliphatic rings. The monoisotopic (exact) mass is 300 g/mol. The van der Waals surface area contributed by atoms with Crippen molar-refractivity contribution in [1.29, 1.82) is 0 Å². The van der Waals surface area contributed by atoms with E-state index in [1.54, 1.807) is 12.3 Å². The summed E-state index contributed by atoms with van der Waals surface area (Å²) < 4.78 is 0. The summed E-state index contributed by atoms with van der Waals surface area (Å²) >= 11 is 0. The van der Waals surface area contributed by atoms with Crippen LogP contribution in [0.3, 0.4) is 0 Å². The second-order valence-corrected chi connectivity index (χ2v) is 5.44. The van der Waals surface area contributed by atoms with Crippen molar-refractivity contribution in [3.63, 3.8) is 0 Å². The van der Waals surface area contributed by atoms with Gasteiger partial charge in [0.2, 0.25) is 5.82 Å². The first kappa shape index (κ1) is 14.5. The van der Waals surface area contributed by atoms with Gasteiger partial charge in [0.05, 0.1) is 0 Å². The van der Waals surface area contributed by atoms with Gasteiger partial charge in [-0.05, 0) is 25.8 Å². The Hall–Kier alpha value is -2.44. The third kappa shape index (κ3) is 3.24. The van der Waals surface area contributed by atoms with E-state index in [0.717, 1.165) is 5.69 Å². The smallest absolute Gasteiger partial charge is 0.289 e. The fraction of sp³-hybridized carbons (Fsp3) is 0.467. The lowest BCUT2D eigenvalue weighted by Gasteiger charge is -2.05. The highest BCUT2D eigenvalue weighted by molar-refractivity contribution is 5.90. The molecule has 2 aromatic rings. The number of carbonyl (C=O) groups is 1. The highest BCUT2D eigenvalue weighted by Gasteiger charge is 2.19. The van der Waals surface area contributed by atoms with Gasteiger partial charge in [-0.1, -0.05) is 12.8 Å². The molecule has 1 aliphatic carbocycles. The third-order valence-electron chi connectivity index (χ3n) is 3.84. The maximum atomic E-state index is 11.7. The van der Waals surface area contributed by atoms with Gasteiger partial charge in [-0.15, -0.1) is 0 Å². The number of amides is 1. The van der Waals surface area contributed by atoms with Crippen LogP contribution in [0.15, 0.2) is 18.3 Å². The zero-order valence-electron chi connectivity index (χ0n) is 12.6. The number of carbonyl (C=O) groups excluding carboxylic acids is 1. The molecular weight excluding hydrogens is 280 g/mol. The van der Waals surface area contributed by atoms with Crippen molar-refractivity contribution >= 4 is 17.5 Å². The second-order valence-electron chi connectivity index (χ2n) is 5.44. The maximum absolute atomic E-state index is 11.7. The van der Waals surface area contributed by atoms with E-state index in [2.05, 4.69) is 30.8 Å². The van der Waals surface area contributed by atoms with Gasteiger partial charge in [-0.25, -0.2) is 9.97 Å². The number of H-pyrrole nitrogens is 1. The molecule has 0 aliphatic heterocycles. The van der Waals surface area contributed by atoms with Crippen molar-refractivity contribution in [2.45, 2.75) is 38.5 Å². The molecule has 22 heavy (non-hydrogen) atoms. The van der Waals surface area contributed by atoms with Gasteiger partial charge >= 0.3 is 0 Å². The Morgan fingerprint density at radius 2 is 2.18 bits per heavy atom. The lowest BCUT2D eigenvalue weighted by molar-refractivity contribution is 0.0945. The van der Waals surface area contributed by atoms with Crippen LogP contribution in [0.5, 0.6) is 0 Å². The number of rotatable bonds is 5. The summed E-state index contributed by atoms with van der Waals surface area (Å²) in [6, 6.07) is 3.73. The van der Waals surface area contributed by atoms with Gasteiger partial charge in [0.15, 0.2) is 5.82 Å². The van der Waals surface area contributed by atoms with Gasteiger partial charge in [0, 0.05) is 30.4 Å². The number of aromatic nitrogens is 4. The van der Waals surface area contributed by atoms with Crippen LogP contribution < -0.4 is 10.6 Å². The lowest BCUT2D eigenvalue weighted by atomic mass is 10.0. The van der Waals surface area contributed by atoms with Crippen molar-refractivity contribution < 1.29 is 4.79 Å². The quantitative estimate of drug-likeness (QED) is 0.787. The van der Waals surface area contributed by atoms with Crippen LogP contribution in [-0.2, 0) is 0 Å². The van der Waals surface area contributed by atoms with E-state index < -0.39 is 0 Å². The van der Waals surface area contributed by atoms with Crippen molar-refractivity contribution in [3.8, 4) is 0 Å². The summed E-state index contributed by atoms with van der Waals surface area (Å²) in [4.78, 5) is 19.9. The average Bonchev–Trinajstić information content (AvgIpc) is 3.18. The van der Waals surface area contributed by atoms with Crippen molar-refractivity contribution in [3.05, 3.63) is 29.8 Å². The van der Waals surface area contributed by atoms with Crippen molar-refractivity contribution in [2.75, 3.05) is 11.9 Å². The van der Waals surface area contributed by atoms with Crippen LogP contribution in [0, 0.1) is 0 Å². The first-order valence-corrected chi connectivity index (χ1v) is 7.70. The second kappa shape index (κ2) is 6.55. The van der Waals surface area contributed by atoms with Crippen LogP contribution in [0.2, 0.25) is 0 Å². The summed E-state index contributed by atoms with van der Waals surface area (Å²) in [5.41, 5.74) is 1.16. The Kier molecular flexibility index (Phi) is 4.32. The molecule has 0 atom stereocenters. The maximum Gasteiger partial charge on any atom is 0.289 e. The molecule has 1 saturated carbocycles. The molecule has 7 heteroatoms. The van der Waals surface area contributed by atoms with Crippen LogP contribution >= 0.6 is 0 Å². The molecule has 2 heterocycles. The van der Waals surface area contributed by atoms with Gasteiger partial charge in [-0.3, -0.25) is 9.89 Å². The zero-order chi connectivity index (χ0) is 15.4. The predicted octanol–water partition coefficient (Wildman–Crippen LogP) is 2.35. The summed E-state index contributed by atoms with van der Waals surface area (Å²) in [6.45, 7) is 2.40. The van der Waals surface area contributed by atoms with E-state index in [-0.39, 0.29) is 11.7 Å². The third-order valence-corrected chi connectivity index (χ3v) is 3.84. The first-order chi connectivity index (χ1) is 10.8. The molecule has 0 spiro atoms. The Balaban J connectivity index is 1.70. The van der Waals surface area contributed by atoms with Gasteiger partial charge in [0.25, 0.3) is 5.91 Å². The fourth-order valence-corrected chi connectivity index (χ4v) is 2.76. The number of nitrogens with one attached hydrogen (secondary N) is 3. The number of aromatic amines is 1. The van der Waals surface area contributed by atoms with E-state index in [4.69, 9.17) is 0 Å². The van der Waals surface area contributed by atoms with Gasteiger partial charge < -0.3 is 10.6 Å². The highest BCUT2D eigenvalue weighted by atomic mass is 16.2. The predicted molar refractivity (Wildman–Crippen MR) is 83.1 cm³/mol. The van der Waals surface area contributed by atoms with E-state index in [1.807, 2.05) is 13.0 Å². The Morgan fingerprint density at radius 3 is 2.95 bits per heavy atom. The zero-order valence-corrected chi connectivity index (χ0v) is 12.6. The average molecular weight is 300 g/mol. The largest absolute Gasteiger partial charge is 0.350 e. The minimum Gasteiger partial charge on any atom is -0.350 e. The molecule has 0 radical (unpaired) electrons. The van der Waals surface area contributed by atoms with Crippen LogP contribution in [-0.4, -0.2) is 32.6 Å². The Labute approximate surface area is 129 Å². The SMILES string of the molecule is CCNC(=O)c1nccc(Nc2cc(C3CCCC3)[nH]n2)n1. The molecule has 1 amide bonds. The van der Waals surface area contributed by atoms with E-state index >= 15 is 0 Å². The first-order valence-electron chi connectivity index (χ1n) is 7.70. The highest BCUT2D eigenvalue weighted by Crippen LogP contribution is 2.33. The molecule has 0 unspecified atom stereocenters. The summed E-state index contributed by atoms with van der Waals surface area (Å²) in [5, 5.41) is 13.2. The molecule has 3 N–H and O–H groups in total. The normalized spacial score (nSPS) is 15.0. The van der Waals surface area contributed by atoms with Gasteiger partial charge in [0.1, 0.15) is 5.82 Å². The molecule has 7 nitrogen and oxygen atoms in total. The standard InChI is InChI=1S/C15H20N6O/c1-2-16-15(22)14-17-8-7-12(19-14)18-13-9-11(20-21-13)10-5-3-4-6-10/h7-10H,2-6H2,1H3,(H,16,22)(H2,17,18,19,20,21). The molecular formula is C15H20N6O. The van der Waals surface area contributed by atoms with Gasteiger partial charge in [-0.2, -0.15) is 5.10 Å². The molecule has 3 rings (SSSR count). The van der Waals surface area contributed by atoms with E-state index in [1.165, 1.54) is 25.7 Å². The van der Waals surface area contributed by atoms with E-state index in [0.29, 0.717) is 24.1 Å². The Bertz CT molecular complexity index is 647. The molecule has 0 saturated heterocycles. The topological polar surface area (TPSA) is 95.6 Å². The van der Waals surface area contributed by atoms with E-state index in [9.17, 15) is 4.79 Å². The fourth-order valence-electron chi connectivity index (χ4n) is 2.76. The Morgan fingerprint density at radius 1 is 1.36 bits per heavy atom. The number of hydrogen-bond acceptors (Lipinski definition) is 5. The van der Waals surface area contributed by atoms with Crippen molar-refractivity contribution in [1.82, 2.24) is 25.5 Å². The minimum absolute atomic E-state index is 0.151. The molecule has 0 bridgehead atoms. The van der Waals surface area contributed by atoms with Crippen molar-refractivity contribution in [2.24, 2.45) is 0 Å². The number of nitrogens with zero attached hydrogens (tertiary/aromatic N) is 3. The number of hydrogen-bond donors (Lipinski definition) is 3. The summed E-state index contributed by atoms with van der Waals surface area (Å²) in [5.74, 6) is 1.72. The molecule has 116 valence electrons. The molecule has 2 aromatic heterocycles. The van der Waals surface area contributed by atoms with Crippen LogP contribution in [0.25, 0.3) is 0 Å².